The van der Waals surface area contributed by atoms with Gasteiger partial charge in [-0.05, 0) is 98.3 Å². The molecule has 5 nitrogen and oxygen atoms in total. The minimum absolute atomic E-state index is 0. The Bertz CT molecular complexity index is 1350. The molecule has 4 rings (SSSR count). The van der Waals surface area contributed by atoms with Crippen molar-refractivity contribution in [2.45, 2.75) is 32.1 Å². The fourth-order valence-electron chi connectivity index (χ4n) is 4.79. The maximum atomic E-state index is 13.8. The quantitative estimate of drug-likeness (QED) is 0.235. The lowest BCUT2D eigenvalue weighted by atomic mass is 9.91. The molecule has 198 valence electrons. The zero-order valence-electron chi connectivity index (χ0n) is 21.1. The molecule has 1 atom stereocenters. The summed E-state index contributed by atoms with van der Waals surface area (Å²) < 4.78 is 0. The first kappa shape index (κ1) is 29.5. The summed E-state index contributed by atoms with van der Waals surface area (Å²) in [5, 5.41) is 7.17. The normalized spacial score (nSPS) is 14.5. The van der Waals surface area contributed by atoms with Gasteiger partial charge in [-0.1, -0.05) is 41.3 Å². The number of terminal acetylenes is 1. The molecule has 0 saturated carbocycles. The Kier molecular flexibility index (Phi) is 10.6. The average molecular weight is 571 g/mol. The van der Waals surface area contributed by atoms with Crippen molar-refractivity contribution in [2.75, 3.05) is 29.9 Å². The average Bonchev–Trinajstić information content (AvgIpc) is 3.05. The number of amides is 2. The largest absolute Gasteiger partial charge is 0.322 e. The molecule has 0 radical (unpaired) electrons. The van der Waals surface area contributed by atoms with Gasteiger partial charge in [-0.15, -0.1) is 18.8 Å². The van der Waals surface area contributed by atoms with Crippen molar-refractivity contribution in [2.24, 2.45) is 0 Å². The van der Waals surface area contributed by atoms with E-state index < -0.39 is 0 Å². The van der Waals surface area contributed by atoms with Gasteiger partial charge in [-0.2, -0.15) is 0 Å². The number of halogens is 3. The molecule has 38 heavy (non-hydrogen) atoms. The monoisotopic (exact) mass is 569 g/mol. The number of nitrogens with one attached hydrogen (secondary N) is 2. The molecule has 1 aliphatic rings. The van der Waals surface area contributed by atoms with Gasteiger partial charge in [-0.25, -0.2) is 0 Å². The first-order valence-electron chi connectivity index (χ1n) is 12.3. The zero-order valence-corrected chi connectivity index (χ0v) is 23.4. The van der Waals surface area contributed by atoms with Crippen LogP contribution in [0.15, 0.2) is 60.7 Å². The second-order valence-corrected chi connectivity index (χ2v) is 9.98. The van der Waals surface area contributed by atoms with Crippen LogP contribution < -0.4 is 15.5 Å². The van der Waals surface area contributed by atoms with E-state index in [1.165, 1.54) is 0 Å². The van der Waals surface area contributed by atoms with Crippen molar-refractivity contribution in [1.82, 2.24) is 5.32 Å². The molecule has 3 aromatic rings. The Hall–Kier alpha value is -3.01. The molecule has 3 aromatic carbocycles. The lowest BCUT2D eigenvalue weighted by molar-refractivity contribution is 0.0985. The smallest absolute Gasteiger partial charge is 0.258 e. The van der Waals surface area contributed by atoms with Gasteiger partial charge in [0.25, 0.3) is 11.8 Å². The van der Waals surface area contributed by atoms with Gasteiger partial charge in [0.15, 0.2) is 0 Å². The number of rotatable bonds is 7. The van der Waals surface area contributed by atoms with Crippen LogP contribution in [0.5, 0.6) is 0 Å². The van der Waals surface area contributed by atoms with Crippen molar-refractivity contribution in [3.05, 3.63) is 93.0 Å². The van der Waals surface area contributed by atoms with Crippen LogP contribution in [0.3, 0.4) is 0 Å². The van der Waals surface area contributed by atoms with Crippen molar-refractivity contribution in [3.8, 4) is 12.3 Å². The first-order chi connectivity index (χ1) is 17.9. The summed E-state index contributed by atoms with van der Waals surface area (Å²) in [4.78, 5) is 28.3. The van der Waals surface area contributed by atoms with Crippen LogP contribution in [-0.4, -0.2) is 31.4 Å². The standard InChI is InChI=1S/C30H29Cl2N3O2.ClH/c1-3-15-33-16-14-21-7-6-17-35(28-13-10-22(31)19-26(21)28)30(37)24-12-11-23(18-20(24)2)34-29(36)25-8-4-5-9-27(25)32;/h1,4-5,8-13,18-19,21,33H,6-7,14-17H2,2H3,(H,34,36);1H. The summed E-state index contributed by atoms with van der Waals surface area (Å²) in [7, 11) is 0. The summed E-state index contributed by atoms with van der Waals surface area (Å²) in [6, 6.07) is 18.0. The van der Waals surface area contributed by atoms with Crippen molar-refractivity contribution >= 4 is 58.8 Å². The molecule has 2 amide bonds. The molecular formula is C30H30Cl3N3O2. The van der Waals surface area contributed by atoms with E-state index in [9.17, 15) is 9.59 Å². The van der Waals surface area contributed by atoms with Crippen molar-refractivity contribution in [3.63, 3.8) is 0 Å². The number of benzene rings is 3. The molecule has 0 bridgehead atoms. The molecule has 0 saturated heterocycles. The topological polar surface area (TPSA) is 61.4 Å². The summed E-state index contributed by atoms with van der Waals surface area (Å²) in [6.45, 7) is 3.83. The van der Waals surface area contributed by atoms with Gasteiger partial charge in [0.1, 0.15) is 0 Å². The van der Waals surface area contributed by atoms with E-state index in [0.717, 1.165) is 42.6 Å². The minimum atomic E-state index is -0.301. The number of anilines is 2. The third-order valence-corrected chi connectivity index (χ3v) is 7.19. The number of hydrogen-bond donors (Lipinski definition) is 2. The number of fused-ring (bicyclic) bond motifs is 1. The number of nitrogens with zero attached hydrogens (tertiary/aromatic N) is 1. The van der Waals surface area contributed by atoms with E-state index in [1.807, 2.05) is 36.1 Å². The van der Waals surface area contributed by atoms with E-state index in [1.54, 1.807) is 36.4 Å². The van der Waals surface area contributed by atoms with Crippen LogP contribution in [0.2, 0.25) is 10.0 Å². The van der Waals surface area contributed by atoms with Gasteiger partial charge in [-0.3, -0.25) is 9.59 Å². The van der Waals surface area contributed by atoms with Crippen molar-refractivity contribution < 1.29 is 9.59 Å². The molecule has 0 aromatic heterocycles. The van der Waals surface area contributed by atoms with Crippen molar-refractivity contribution in [1.29, 1.82) is 0 Å². The molecule has 8 heteroatoms. The molecule has 0 fully saturated rings. The van der Waals surface area contributed by atoms with E-state index in [-0.39, 0.29) is 30.1 Å². The van der Waals surface area contributed by atoms with Gasteiger partial charge in [0.05, 0.1) is 17.1 Å². The second-order valence-electron chi connectivity index (χ2n) is 9.13. The van der Waals surface area contributed by atoms with Crippen LogP contribution in [-0.2, 0) is 0 Å². The Labute approximate surface area is 240 Å². The van der Waals surface area contributed by atoms with E-state index >= 15 is 0 Å². The maximum Gasteiger partial charge on any atom is 0.258 e. The minimum Gasteiger partial charge on any atom is -0.322 e. The summed E-state index contributed by atoms with van der Waals surface area (Å²) in [5.41, 5.74) is 4.33. The molecular weight excluding hydrogens is 541 g/mol. The van der Waals surface area contributed by atoms with E-state index in [2.05, 4.69) is 16.6 Å². The van der Waals surface area contributed by atoms with Crippen LogP contribution in [0.1, 0.15) is 57.0 Å². The summed E-state index contributed by atoms with van der Waals surface area (Å²) >= 11 is 12.5. The Morgan fingerprint density at radius 2 is 1.87 bits per heavy atom. The number of carbonyl (C=O) groups excluding carboxylic acids is 2. The Morgan fingerprint density at radius 3 is 2.61 bits per heavy atom. The van der Waals surface area contributed by atoms with Crippen LogP contribution in [0.4, 0.5) is 11.4 Å². The molecule has 1 unspecified atom stereocenters. The third kappa shape index (κ3) is 6.89. The van der Waals surface area contributed by atoms with Gasteiger partial charge < -0.3 is 15.5 Å². The highest BCUT2D eigenvalue weighted by Gasteiger charge is 2.28. The highest BCUT2D eigenvalue weighted by molar-refractivity contribution is 6.34. The number of carbonyl (C=O) groups is 2. The molecule has 1 aliphatic heterocycles. The molecule has 1 heterocycles. The van der Waals surface area contributed by atoms with Gasteiger partial charge >= 0.3 is 0 Å². The summed E-state index contributed by atoms with van der Waals surface area (Å²) in [6.07, 6.45) is 8.10. The predicted molar refractivity (Wildman–Crippen MR) is 159 cm³/mol. The fraction of sp³-hybridized carbons (Fsp3) is 0.267. The van der Waals surface area contributed by atoms with Gasteiger partial charge in [0, 0.05) is 28.5 Å². The second kappa shape index (κ2) is 13.7. The van der Waals surface area contributed by atoms with E-state index in [0.29, 0.717) is 39.9 Å². The third-order valence-electron chi connectivity index (χ3n) is 6.63. The molecule has 2 N–H and O–H groups in total. The first-order valence-corrected chi connectivity index (χ1v) is 13.1. The number of hydrogen-bond acceptors (Lipinski definition) is 3. The highest BCUT2D eigenvalue weighted by Crippen LogP contribution is 2.38. The fourth-order valence-corrected chi connectivity index (χ4v) is 5.19. The lowest BCUT2D eigenvalue weighted by Gasteiger charge is -2.25. The Morgan fingerprint density at radius 1 is 1.08 bits per heavy atom. The number of aryl methyl sites for hydroxylation is 1. The van der Waals surface area contributed by atoms with Crippen LogP contribution >= 0.6 is 35.6 Å². The molecule has 0 spiro atoms. The predicted octanol–water partition coefficient (Wildman–Crippen LogP) is 7.11. The van der Waals surface area contributed by atoms with E-state index in [4.69, 9.17) is 29.6 Å². The van der Waals surface area contributed by atoms with Gasteiger partial charge in [0.2, 0.25) is 0 Å². The lowest BCUT2D eigenvalue weighted by Crippen LogP contribution is -2.32. The summed E-state index contributed by atoms with van der Waals surface area (Å²) in [5.74, 6) is 2.51. The van der Waals surface area contributed by atoms with Crippen LogP contribution in [0, 0.1) is 19.3 Å². The SMILES string of the molecule is C#CCNCCC1CCCN(C(=O)c2ccc(NC(=O)c3ccccc3Cl)cc2C)c2ccc(Cl)cc21.Cl. The Balaban J connectivity index is 0.00000400. The highest BCUT2D eigenvalue weighted by atomic mass is 35.5. The molecule has 0 aliphatic carbocycles. The maximum absolute atomic E-state index is 13.8. The zero-order chi connectivity index (χ0) is 26.4. The van der Waals surface area contributed by atoms with Crippen LogP contribution in [0.25, 0.3) is 0 Å².